The number of carbonyl (C=O) groups excluding carboxylic acids is 1. The smallest absolute Gasteiger partial charge is 0.268 e. The molecule has 0 spiro atoms. The molecule has 6 nitrogen and oxygen atoms in total. The lowest BCUT2D eigenvalue weighted by Crippen LogP contribution is -2.48. The molecule has 3 rings (SSSR count). The van der Waals surface area contributed by atoms with Crippen LogP contribution in [-0.2, 0) is 6.61 Å². The van der Waals surface area contributed by atoms with E-state index in [1.54, 1.807) is 18.2 Å². The number of rotatable bonds is 6. The molecule has 0 saturated heterocycles. The molecular formula is C20H23ClN4O2S. The van der Waals surface area contributed by atoms with Crippen molar-refractivity contribution >= 4 is 28.8 Å². The number of nitrogens with two attached hydrogens (primary N) is 1. The van der Waals surface area contributed by atoms with E-state index in [0.29, 0.717) is 15.7 Å². The van der Waals surface area contributed by atoms with Gasteiger partial charge in [0.05, 0.1) is 23.2 Å². The molecule has 2 heterocycles. The number of amides is 1. The molecule has 148 valence electrons. The number of hydrogen-bond acceptors (Lipinski definition) is 5. The lowest BCUT2D eigenvalue weighted by atomic mass is 9.96. The highest BCUT2D eigenvalue weighted by Crippen LogP contribution is 2.30. The van der Waals surface area contributed by atoms with Crippen LogP contribution >= 0.6 is 22.9 Å². The number of thiazole rings is 1. The molecule has 28 heavy (non-hydrogen) atoms. The molecule has 0 aliphatic carbocycles. The number of aromatic nitrogens is 2. The van der Waals surface area contributed by atoms with Crippen LogP contribution in [0.15, 0.2) is 36.4 Å². The largest absolute Gasteiger partial charge is 0.391 e. The zero-order valence-corrected chi connectivity index (χ0v) is 17.5. The number of aromatic amines is 1. The van der Waals surface area contributed by atoms with Gasteiger partial charge in [-0.05, 0) is 50.6 Å². The van der Waals surface area contributed by atoms with E-state index in [0.717, 1.165) is 21.8 Å². The fourth-order valence-corrected chi connectivity index (χ4v) is 4.12. The number of aliphatic hydroxyl groups excluding tert-OH is 1. The predicted octanol–water partition coefficient (Wildman–Crippen LogP) is 3.80. The SMILES string of the molecule is Cc1nc(C(NC(=O)c2ccc(-c3ccc(Cl)cc3)[nH]2)C(C)(C)N)sc1CO. The number of nitrogens with zero attached hydrogens (tertiary/aromatic N) is 1. The monoisotopic (exact) mass is 418 g/mol. The predicted molar refractivity (Wildman–Crippen MR) is 112 cm³/mol. The fourth-order valence-electron chi connectivity index (χ4n) is 2.82. The number of hydrogen-bond donors (Lipinski definition) is 4. The van der Waals surface area contributed by atoms with Crippen LogP contribution in [0.4, 0.5) is 0 Å². The van der Waals surface area contributed by atoms with Crippen LogP contribution < -0.4 is 11.1 Å². The Kier molecular flexibility index (Phi) is 5.90. The molecule has 1 unspecified atom stereocenters. The normalized spacial score (nSPS) is 12.8. The first kappa shape index (κ1) is 20.5. The quantitative estimate of drug-likeness (QED) is 0.488. The highest BCUT2D eigenvalue weighted by Gasteiger charge is 2.32. The Hall–Kier alpha value is -2.19. The van der Waals surface area contributed by atoms with E-state index in [9.17, 15) is 9.90 Å². The minimum atomic E-state index is -0.738. The van der Waals surface area contributed by atoms with Crippen molar-refractivity contribution in [3.05, 3.63) is 62.7 Å². The van der Waals surface area contributed by atoms with E-state index < -0.39 is 11.6 Å². The molecule has 3 aromatic rings. The van der Waals surface area contributed by atoms with Crippen LogP contribution in [0.25, 0.3) is 11.3 Å². The summed E-state index contributed by atoms with van der Waals surface area (Å²) < 4.78 is 0. The van der Waals surface area contributed by atoms with Crippen LogP contribution in [0, 0.1) is 6.92 Å². The molecule has 0 radical (unpaired) electrons. The third-order valence-corrected chi connectivity index (χ3v) is 5.86. The average Bonchev–Trinajstić information content (AvgIpc) is 3.26. The topological polar surface area (TPSA) is 104 Å². The molecule has 0 fully saturated rings. The van der Waals surface area contributed by atoms with Gasteiger partial charge < -0.3 is 21.1 Å². The van der Waals surface area contributed by atoms with Crippen LogP contribution in [0.3, 0.4) is 0 Å². The summed E-state index contributed by atoms with van der Waals surface area (Å²) in [7, 11) is 0. The molecule has 0 aliphatic rings. The molecule has 1 atom stereocenters. The van der Waals surface area contributed by atoms with Crippen molar-refractivity contribution in [3.63, 3.8) is 0 Å². The number of H-pyrrole nitrogens is 1. The van der Waals surface area contributed by atoms with Crippen LogP contribution in [0.5, 0.6) is 0 Å². The number of benzene rings is 1. The van der Waals surface area contributed by atoms with E-state index in [1.807, 2.05) is 39.0 Å². The summed E-state index contributed by atoms with van der Waals surface area (Å²) in [5.74, 6) is -0.276. The average molecular weight is 419 g/mol. The number of aryl methyl sites for hydroxylation is 1. The third-order valence-electron chi connectivity index (χ3n) is 4.41. The summed E-state index contributed by atoms with van der Waals surface area (Å²) in [6.07, 6.45) is 0. The fraction of sp³-hybridized carbons (Fsp3) is 0.300. The standard InChI is InChI=1S/C20H23ClN4O2S/c1-11-16(10-26)28-19(23-11)17(20(2,3)22)25-18(27)15-9-8-14(24-15)12-4-6-13(21)7-5-12/h4-9,17,24,26H,10,22H2,1-3H3,(H,25,27). The van der Waals surface area contributed by atoms with Gasteiger partial charge in [-0.3, -0.25) is 4.79 Å². The molecule has 0 saturated carbocycles. The Labute approximate surface area is 172 Å². The second-order valence-electron chi connectivity index (χ2n) is 7.24. The highest BCUT2D eigenvalue weighted by molar-refractivity contribution is 7.11. The van der Waals surface area contributed by atoms with E-state index in [4.69, 9.17) is 17.3 Å². The Morgan fingerprint density at radius 3 is 2.57 bits per heavy atom. The summed E-state index contributed by atoms with van der Waals surface area (Å²) in [5.41, 5.74) is 8.50. The van der Waals surface area contributed by atoms with Gasteiger partial charge in [0.15, 0.2) is 0 Å². The van der Waals surface area contributed by atoms with Crippen molar-refractivity contribution in [1.29, 1.82) is 0 Å². The zero-order valence-electron chi connectivity index (χ0n) is 15.9. The van der Waals surface area contributed by atoms with Crippen LogP contribution in [0.2, 0.25) is 5.02 Å². The van der Waals surface area contributed by atoms with E-state index in [-0.39, 0.29) is 12.5 Å². The Bertz CT molecular complexity index is 973. The zero-order chi connectivity index (χ0) is 20.5. The molecular weight excluding hydrogens is 396 g/mol. The number of aliphatic hydroxyl groups is 1. The van der Waals surface area contributed by atoms with Crippen molar-refractivity contribution in [3.8, 4) is 11.3 Å². The molecule has 0 aliphatic heterocycles. The van der Waals surface area contributed by atoms with Crippen molar-refractivity contribution < 1.29 is 9.90 Å². The Morgan fingerprint density at radius 2 is 2.00 bits per heavy atom. The third kappa shape index (κ3) is 4.44. The van der Waals surface area contributed by atoms with Crippen molar-refractivity contribution in [2.45, 2.75) is 39.0 Å². The Balaban J connectivity index is 1.83. The molecule has 1 amide bonds. The highest BCUT2D eigenvalue weighted by atomic mass is 35.5. The summed E-state index contributed by atoms with van der Waals surface area (Å²) in [5, 5.41) is 13.7. The second-order valence-corrected chi connectivity index (χ2v) is 8.79. The molecule has 5 N–H and O–H groups in total. The minimum absolute atomic E-state index is 0.0871. The maximum Gasteiger partial charge on any atom is 0.268 e. The van der Waals surface area contributed by atoms with Gasteiger partial charge in [-0.25, -0.2) is 4.98 Å². The molecule has 0 bridgehead atoms. The lowest BCUT2D eigenvalue weighted by Gasteiger charge is -2.29. The first-order chi connectivity index (χ1) is 13.2. The van der Waals surface area contributed by atoms with E-state index in [2.05, 4.69) is 15.3 Å². The van der Waals surface area contributed by atoms with Gasteiger partial charge in [0.1, 0.15) is 10.7 Å². The van der Waals surface area contributed by atoms with Crippen molar-refractivity contribution in [2.24, 2.45) is 5.73 Å². The maximum atomic E-state index is 12.8. The summed E-state index contributed by atoms with van der Waals surface area (Å²) in [6, 6.07) is 10.4. The van der Waals surface area contributed by atoms with Gasteiger partial charge in [-0.15, -0.1) is 11.3 Å². The van der Waals surface area contributed by atoms with Gasteiger partial charge in [0.25, 0.3) is 5.91 Å². The molecule has 2 aromatic heterocycles. The maximum absolute atomic E-state index is 12.8. The summed E-state index contributed by atoms with van der Waals surface area (Å²) in [6.45, 7) is 5.41. The van der Waals surface area contributed by atoms with Gasteiger partial charge in [-0.1, -0.05) is 23.7 Å². The van der Waals surface area contributed by atoms with Crippen LogP contribution in [-0.4, -0.2) is 26.5 Å². The lowest BCUT2D eigenvalue weighted by molar-refractivity contribution is 0.0914. The molecule has 8 heteroatoms. The minimum Gasteiger partial charge on any atom is -0.391 e. The first-order valence-corrected chi connectivity index (χ1v) is 10.00. The second kappa shape index (κ2) is 8.05. The summed E-state index contributed by atoms with van der Waals surface area (Å²) in [4.78, 5) is 21.2. The molecule has 1 aromatic carbocycles. The Morgan fingerprint density at radius 1 is 1.32 bits per heavy atom. The summed E-state index contributed by atoms with van der Waals surface area (Å²) >= 11 is 7.29. The van der Waals surface area contributed by atoms with Crippen molar-refractivity contribution in [2.75, 3.05) is 0 Å². The van der Waals surface area contributed by atoms with Gasteiger partial charge in [0, 0.05) is 16.3 Å². The van der Waals surface area contributed by atoms with E-state index >= 15 is 0 Å². The number of halogens is 1. The van der Waals surface area contributed by atoms with Gasteiger partial charge in [-0.2, -0.15) is 0 Å². The van der Waals surface area contributed by atoms with Crippen molar-refractivity contribution in [1.82, 2.24) is 15.3 Å². The van der Waals surface area contributed by atoms with Gasteiger partial charge in [0.2, 0.25) is 0 Å². The van der Waals surface area contributed by atoms with Crippen LogP contribution in [0.1, 0.15) is 46.0 Å². The van der Waals surface area contributed by atoms with Gasteiger partial charge >= 0.3 is 0 Å². The number of carbonyl (C=O) groups is 1. The van der Waals surface area contributed by atoms with E-state index in [1.165, 1.54) is 11.3 Å². The number of nitrogens with one attached hydrogen (secondary N) is 2. The first-order valence-electron chi connectivity index (χ1n) is 8.81.